The zero-order valence-electron chi connectivity index (χ0n) is 24.5. The van der Waals surface area contributed by atoms with Gasteiger partial charge in [0.05, 0.1) is 38.2 Å². The summed E-state index contributed by atoms with van der Waals surface area (Å²) in [6, 6.07) is 8.31. The van der Waals surface area contributed by atoms with Crippen LogP contribution in [0.2, 0.25) is 5.15 Å². The van der Waals surface area contributed by atoms with Crippen molar-refractivity contribution in [1.82, 2.24) is 14.9 Å². The first-order valence-corrected chi connectivity index (χ1v) is 13.4. The highest BCUT2D eigenvalue weighted by atomic mass is 35.5. The molecule has 0 fully saturated rings. The Hall–Kier alpha value is -4.58. The lowest BCUT2D eigenvalue weighted by Gasteiger charge is -2.24. The van der Waals surface area contributed by atoms with Gasteiger partial charge in [0.1, 0.15) is 28.9 Å². The minimum absolute atomic E-state index is 0.102. The highest BCUT2D eigenvalue weighted by molar-refractivity contribution is 6.29. The Labute approximate surface area is 252 Å². The average molecular weight is 617 g/mol. The average Bonchev–Trinajstić information content (AvgIpc) is 2.94. The molecule has 0 spiro atoms. The maximum atomic E-state index is 15.1. The van der Waals surface area contributed by atoms with Gasteiger partial charge in [0.25, 0.3) is 0 Å². The summed E-state index contributed by atoms with van der Waals surface area (Å²) in [5, 5.41) is 3.49. The number of pyridine rings is 2. The summed E-state index contributed by atoms with van der Waals surface area (Å²) in [7, 11) is 4.49. The van der Waals surface area contributed by atoms with Crippen LogP contribution in [0.5, 0.6) is 28.7 Å². The Balaban J connectivity index is 1.53. The van der Waals surface area contributed by atoms with E-state index in [-0.39, 0.29) is 29.7 Å². The Morgan fingerprint density at radius 2 is 1.67 bits per heavy atom. The predicted molar refractivity (Wildman–Crippen MR) is 158 cm³/mol. The van der Waals surface area contributed by atoms with Crippen LogP contribution in [0.4, 0.5) is 25.0 Å². The summed E-state index contributed by atoms with van der Waals surface area (Å²) >= 11 is 5.89. The van der Waals surface area contributed by atoms with Gasteiger partial charge in [0.2, 0.25) is 0 Å². The van der Waals surface area contributed by atoms with E-state index in [0.717, 1.165) is 12.1 Å². The molecule has 0 radical (unpaired) electrons. The number of amides is 1. The normalized spacial score (nSPS) is 11.2. The molecule has 2 heterocycles. The first-order valence-electron chi connectivity index (χ1n) is 13.1. The van der Waals surface area contributed by atoms with Crippen molar-refractivity contribution in [2.75, 3.05) is 39.7 Å². The summed E-state index contributed by atoms with van der Waals surface area (Å²) in [4.78, 5) is 21.9. The molecule has 1 N–H and O–H groups in total. The largest absolute Gasteiger partial charge is 0.494 e. The molecule has 1 amide bonds. The molecule has 2 aromatic heterocycles. The van der Waals surface area contributed by atoms with Crippen molar-refractivity contribution >= 4 is 40.0 Å². The number of nitrogens with one attached hydrogen (secondary N) is 1. The number of hydrogen-bond donors (Lipinski definition) is 1. The number of aromatic nitrogens is 2. The van der Waals surface area contributed by atoms with Gasteiger partial charge in [-0.25, -0.2) is 18.6 Å². The van der Waals surface area contributed by atoms with Gasteiger partial charge in [-0.1, -0.05) is 11.6 Å². The van der Waals surface area contributed by atoms with E-state index < -0.39 is 29.1 Å². The fourth-order valence-corrected chi connectivity index (χ4v) is 4.03. The molecule has 0 saturated carbocycles. The van der Waals surface area contributed by atoms with Crippen LogP contribution < -0.4 is 24.3 Å². The summed E-state index contributed by atoms with van der Waals surface area (Å²) in [6.45, 7) is 5.75. The van der Waals surface area contributed by atoms with Crippen LogP contribution in [-0.4, -0.2) is 61.0 Å². The fraction of sp³-hybridized carbons (Fsp3) is 0.300. The van der Waals surface area contributed by atoms with Gasteiger partial charge in [-0.2, -0.15) is 0 Å². The summed E-state index contributed by atoms with van der Waals surface area (Å²) in [5.41, 5.74) is 0.272. The topological polar surface area (TPSA) is 104 Å². The first-order chi connectivity index (χ1) is 20.4. The molecule has 0 unspecified atom stereocenters. The molecule has 4 aromatic rings. The van der Waals surface area contributed by atoms with Gasteiger partial charge in [-0.15, -0.1) is 0 Å². The van der Waals surface area contributed by atoms with E-state index in [4.69, 9.17) is 35.3 Å². The van der Waals surface area contributed by atoms with Crippen LogP contribution in [0.1, 0.15) is 20.8 Å². The van der Waals surface area contributed by atoms with E-state index in [1.807, 2.05) is 0 Å². The van der Waals surface area contributed by atoms with Crippen molar-refractivity contribution < 1.29 is 37.3 Å². The van der Waals surface area contributed by atoms with Crippen molar-refractivity contribution in [2.24, 2.45) is 0 Å². The highest BCUT2D eigenvalue weighted by Gasteiger charge is 2.21. The number of methoxy groups -OCH3 is 2. The van der Waals surface area contributed by atoms with Crippen LogP contribution in [0.15, 0.2) is 48.8 Å². The number of carbonyl (C=O) groups is 1. The lowest BCUT2D eigenvalue weighted by Crippen LogP contribution is -2.36. The summed E-state index contributed by atoms with van der Waals surface area (Å²) in [5.74, 6) is -1.33. The van der Waals surface area contributed by atoms with Crippen molar-refractivity contribution in [3.63, 3.8) is 0 Å². The Morgan fingerprint density at radius 3 is 2.33 bits per heavy atom. The third-order valence-electron chi connectivity index (χ3n) is 5.92. The number of benzene rings is 2. The number of likely N-dealkylation sites (N-methyl/N-ethyl adjacent to an activating group) is 1. The number of hydrogen-bond acceptors (Lipinski definition) is 9. The predicted octanol–water partition coefficient (Wildman–Crippen LogP) is 7.36. The Morgan fingerprint density at radius 1 is 0.977 bits per heavy atom. The molecule has 13 heteroatoms. The van der Waals surface area contributed by atoms with Crippen molar-refractivity contribution in [3.05, 3.63) is 65.6 Å². The smallest absolute Gasteiger partial charge is 0.410 e. The molecule has 0 aliphatic rings. The lowest BCUT2D eigenvalue weighted by atomic mass is 10.1. The maximum Gasteiger partial charge on any atom is 0.410 e. The SMILES string of the molecule is COc1cc(Cl)ncc1Nc1cc(F)c(Oc2ccnc3cc(OCCN(C)C(=O)OC(C)(C)C)c(OC)cc23)c(F)c1. The molecular weight excluding hydrogens is 586 g/mol. The molecule has 228 valence electrons. The van der Waals surface area contributed by atoms with Gasteiger partial charge >= 0.3 is 6.09 Å². The van der Waals surface area contributed by atoms with Crippen LogP contribution in [-0.2, 0) is 4.74 Å². The number of ether oxygens (including phenoxy) is 5. The van der Waals surface area contributed by atoms with E-state index in [9.17, 15) is 4.79 Å². The lowest BCUT2D eigenvalue weighted by molar-refractivity contribution is 0.0278. The fourth-order valence-electron chi connectivity index (χ4n) is 3.88. The van der Waals surface area contributed by atoms with E-state index in [1.54, 1.807) is 40.0 Å². The maximum absolute atomic E-state index is 15.1. The van der Waals surface area contributed by atoms with E-state index >= 15 is 8.78 Å². The van der Waals surface area contributed by atoms with Gasteiger partial charge in [-0.3, -0.25) is 4.98 Å². The van der Waals surface area contributed by atoms with E-state index in [1.165, 1.54) is 43.6 Å². The van der Waals surface area contributed by atoms with Gasteiger partial charge in [0, 0.05) is 48.6 Å². The van der Waals surface area contributed by atoms with Crippen molar-refractivity contribution in [2.45, 2.75) is 26.4 Å². The third-order valence-corrected chi connectivity index (χ3v) is 6.12. The van der Waals surface area contributed by atoms with Crippen LogP contribution >= 0.6 is 11.6 Å². The first kappa shape index (κ1) is 31.4. The van der Waals surface area contributed by atoms with Gasteiger partial charge < -0.3 is 33.9 Å². The molecule has 0 aliphatic heterocycles. The number of rotatable bonds is 10. The van der Waals surface area contributed by atoms with Crippen LogP contribution in [0, 0.1) is 11.6 Å². The zero-order valence-corrected chi connectivity index (χ0v) is 25.2. The van der Waals surface area contributed by atoms with Crippen LogP contribution in [0.25, 0.3) is 10.9 Å². The van der Waals surface area contributed by atoms with Crippen LogP contribution in [0.3, 0.4) is 0 Å². The summed E-state index contributed by atoms with van der Waals surface area (Å²) in [6.07, 6.45) is 2.35. The van der Waals surface area contributed by atoms with Crippen molar-refractivity contribution in [1.29, 1.82) is 0 Å². The third kappa shape index (κ3) is 7.83. The molecular formula is C30H31ClF2N4O6. The minimum atomic E-state index is -0.950. The van der Waals surface area contributed by atoms with Gasteiger partial charge in [0.15, 0.2) is 28.9 Å². The second kappa shape index (κ2) is 13.2. The molecule has 4 rings (SSSR count). The zero-order chi connectivity index (χ0) is 31.3. The Bertz CT molecular complexity index is 1610. The quantitative estimate of drug-likeness (QED) is 0.183. The molecule has 0 bridgehead atoms. The van der Waals surface area contributed by atoms with E-state index in [2.05, 4.69) is 15.3 Å². The Kier molecular flexibility index (Phi) is 9.59. The van der Waals surface area contributed by atoms with Crippen molar-refractivity contribution in [3.8, 4) is 28.7 Å². The number of halogens is 3. The molecule has 43 heavy (non-hydrogen) atoms. The minimum Gasteiger partial charge on any atom is -0.494 e. The van der Waals surface area contributed by atoms with Gasteiger partial charge in [-0.05, 0) is 32.9 Å². The number of carbonyl (C=O) groups excluding carboxylic acids is 1. The monoisotopic (exact) mass is 616 g/mol. The second-order valence-corrected chi connectivity index (χ2v) is 10.7. The summed E-state index contributed by atoms with van der Waals surface area (Å²) < 4.78 is 57.9. The molecule has 2 aromatic carbocycles. The van der Waals surface area contributed by atoms with E-state index in [0.29, 0.717) is 33.8 Å². The molecule has 0 aliphatic carbocycles. The number of nitrogens with zero attached hydrogens (tertiary/aromatic N) is 3. The number of anilines is 2. The molecule has 0 atom stereocenters. The second-order valence-electron chi connectivity index (χ2n) is 10.3. The molecule has 0 saturated heterocycles. The number of fused-ring (bicyclic) bond motifs is 1. The molecule has 10 nitrogen and oxygen atoms in total. The standard InChI is InChI=1S/C30H31ClF2N4O6/c1-30(2,3)43-29(38)37(4)9-10-41-26-14-21-18(13-25(26)40-6)23(7-8-34-21)42-28-19(32)11-17(12-20(28)33)36-22-16-35-27(31)15-24(22)39-5/h7-8,11-16,36H,9-10H2,1-6H3. The highest BCUT2D eigenvalue weighted by Crippen LogP contribution is 2.39.